The molecule has 0 atom stereocenters. The number of rotatable bonds is 4. The van der Waals surface area contributed by atoms with Crippen LogP contribution in [0.3, 0.4) is 0 Å². The van der Waals surface area contributed by atoms with Crippen molar-refractivity contribution in [3.05, 3.63) is 0 Å². The van der Waals surface area contributed by atoms with E-state index in [1.54, 1.807) is 0 Å². The highest BCUT2D eigenvalue weighted by Crippen LogP contribution is 2.23. The Balaban J connectivity index is 2.74. The van der Waals surface area contributed by atoms with Gasteiger partial charge in [0.2, 0.25) is 15.3 Å². The molecule has 0 amide bonds. The first-order valence-electron chi connectivity index (χ1n) is 5.01. The van der Waals surface area contributed by atoms with Crippen LogP contribution in [0.4, 0.5) is 0 Å². The Kier molecular flexibility index (Phi) is 4.34. The van der Waals surface area contributed by atoms with Crippen molar-refractivity contribution in [1.29, 1.82) is 0 Å². The average molecular weight is 270 g/mol. The van der Waals surface area contributed by atoms with Crippen LogP contribution in [0.15, 0.2) is 0 Å². The van der Waals surface area contributed by atoms with Crippen molar-refractivity contribution in [2.24, 2.45) is 5.41 Å². The molecule has 0 aliphatic carbocycles. The molecule has 0 saturated carbocycles. The molecule has 0 aromatic carbocycles. The summed E-state index contributed by atoms with van der Waals surface area (Å²) in [6.45, 7) is 4.54. The maximum Gasteiger partial charge on any atom is 0.228 e. The lowest BCUT2D eigenvalue weighted by atomic mass is 9.99. The molecule has 94 valence electrons. The summed E-state index contributed by atoms with van der Waals surface area (Å²) in [4.78, 5) is 11.1. The van der Waals surface area contributed by atoms with Crippen LogP contribution in [-0.4, -0.2) is 50.0 Å². The molecule has 0 unspecified atom stereocenters. The molecule has 1 fully saturated rings. The summed E-state index contributed by atoms with van der Waals surface area (Å²) in [6.07, 6.45) is 0. The summed E-state index contributed by atoms with van der Waals surface area (Å²) < 4.78 is 30.3. The molecule has 0 spiro atoms. The van der Waals surface area contributed by atoms with Crippen molar-refractivity contribution in [1.82, 2.24) is 4.31 Å². The van der Waals surface area contributed by atoms with E-state index in [1.807, 2.05) is 0 Å². The smallest absolute Gasteiger partial charge is 0.228 e. The van der Waals surface area contributed by atoms with E-state index in [9.17, 15) is 13.2 Å². The van der Waals surface area contributed by atoms with Crippen molar-refractivity contribution in [3.8, 4) is 0 Å². The Bertz CT molecular complexity index is 360. The molecule has 0 radical (unpaired) electrons. The zero-order valence-corrected chi connectivity index (χ0v) is 11.0. The van der Waals surface area contributed by atoms with Gasteiger partial charge in [-0.25, -0.2) is 8.42 Å². The Hall–Kier alpha value is -0.170. The van der Waals surface area contributed by atoms with Crippen LogP contribution in [0.5, 0.6) is 0 Å². The lowest BCUT2D eigenvalue weighted by Gasteiger charge is -2.29. The number of sulfonamides is 1. The zero-order chi connectivity index (χ0) is 12.4. The van der Waals surface area contributed by atoms with Gasteiger partial charge in [0.25, 0.3) is 0 Å². The fourth-order valence-electron chi connectivity index (χ4n) is 1.43. The summed E-state index contributed by atoms with van der Waals surface area (Å²) in [6, 6.07) is 0. The van der Waals surface area contributed by atoms with E-state index < -0.39 is 20.7 Å². The quantitative estimate of drug-likeness (QED) is 0.695. The molecule has 5 nitrogen and oxygen atoms in total. The minimum Gasteiger partial charge on any atom is -0.379 e. The number of ether oxygens (including phenoxy) is 1. The Morgan fingerprint density at radius 3 is 2.31 bits per heavy atom. The van der Waals surface area contributed by atoms with Crippen molar-refractivity contribution in [3.63, 3.8) is 0 Å². The number of carbonyl (C=O) groups is 1. The third kappa shape index (κ3) is 3.41. The van der Waals surface area contributed by atoms with Crippen molar-refractivity contribution >= 4 is 26.9 Å². The number of nitrogens with zero attached hydrogens (tertiary/aromatic N) is 1. The predicted octanol–water partition coefficient (Wildman–Crippen LogP) is 0.440. The van der Waals surface area contributed by atoms with Gasteiger partial charge in [0.15, 0.2) is 0 Å². The van der Waals surface area contributed by atoms with E-state index in [0.29, 0.717) is 26.3 Å². The number of morpholine rings is 1. The molecule has 0 aromatic rings. The average Bonchev–Trinajstić information content (AvgIpc) is 2.17. The van der Waals surface area contributed by atoms with E-state index in [1.165, 1.54) is 18.2 Å². The zero-order valence-electron chi connectivity index (χ0n) is 9.40. The van der Waals surface area contributed by atoms with Crippen molar-refractivity contribution in [2.45, 2.75) is 13.8 Å². The van der Waals surface area contributed by atoms with Crippen LogP contribution < -0.4 is 0 Å². The maximum atomic E-state index is 12.0. The van der Waals surface area contributed by atoms with Crippen LogP contribution in [0.1, 0.15) is 13.8 Å². The summed E-state index contributed by atoms with van der Waals surface area (Å²) >= 11 is 5.37. The van der Waals surface area contributed by atoms with Crippen LogP contribution >= 0.6 is 11.6 Å². The van der Waals surface area contributed by atoms with Gasteiger partial charge in [0.1, 0.15) is 0 Å². The molecule has 1 aliphatic rings. The van der Waals surface area contributed by atoms with Crippen LogP contribution in [0.2, 0.25) is 0 Å². The standard InChI is InChI=1S/C9H16ClNO4S/c1-9(2,8(10)12)7-16(13,14)11-3-5-15-6-4-11/h3-7H2,1-2H3. The number of halogens is 1. The van der Waals surface area contributed by atoms with Gasteiger partial charge in [0, 0.05) is 13.1 Å². The number of carbonyl (C=O) groups excluding carboxylic acids is 1. The predicted molar refractivity (Wildman–Crippen MR) is 60.8 cm³/mol. The van der Waals surface area contributed by atoms with Crippen LogP contribution in [0.25, 0.3) is 0 Å². The highest BCUT2D eigenvalue weighted by Gasteiger charge is 2.35. The summed E-state index contributed by atoms with van der Waals surface area (Å²) in [5.41, 5.74) is -1.06. The molecular formula is C9H16ClNO4S. The second-order valence-electron chi connectivity index (χ2n) is 4.43. The topological polar surface area (TPSA) is 63.7 Å². The van der Waals surface area contributed by atoms with E-state index in [2.05, 4.69) is 0 Å². The molecule has 1 heterocycles. The normalized spacial score (nSPS) is 19.7. The molecule has 1 aliphatic heterocycles. The second kappa shape index (κ2) is 5.00. The van der Waals surface area contributed by atoms with Gasteiger partial charge in [-0.3, -0.25) is 4.79 Å². The van der Waals surface area contributed by atoms with Gasteiger partial charge >= 0.3 is 0 Å². The fraction of sp³-hybridized carbons (Fsp3) is 0.889. The van der Waals surface area contributed by atoms with Gasteiger partial charge in [-0.05, 0) is 11.6 Å². The minimum absolute atomic E-state index is 0.262. The molecule has 0 bridgehead atoms. The first kappa shape index (κ1) is 13.9. The largest absolute Gasteiger partial charge is 0.379 e. The van der Waals surface area contributed by atoms with E-state index in [4.69, 9.17) is 16.3 Å². The summed E-state index contributed by atoms with van der Waals surface area (Å²) in [7, 11) is -3.44. The number of hydrogen-bond donors (Lipinski definition) is 0. The summed E-state index contributed by atoms with van der Waals surface area (Å²) in [5.74, 6) is -0.262. The molecule has 1 rings (SSSR count). The lowest BCUT2D eigenvalue weighted by Crippen LogP contribution is -2.45. The Morgan fingerprint density at radius 2 is 1.88 bits per heavy atom. The molecule has 1 saturated heterocycles. The van der Waals surface area contributed by atoms with Crippen LogP contribution in [0, 0.1) is 5.41 Å². The molecule has 16 heavy (non-hydrogen) atoms. The Morgan fingerprint density at radius 1 is 1.38 bits per heavy atom. The second-order valence-corrected chi connectivity index (χ2v) is 6.74. The Labute approximate surface area is 101 Å². The third-order valence-corrected chi connectivity index (χ3v) is 5.19. The first-order chi connectivity index (χ1) is 7.26. The lowest BCUT2D eigenvalue weighted by molar-refractivity contribution is -0.118. The van der Waals surface area contributed by atoms with Crippen LogP contribution in [-0.2, 0) is 19.6 Å². The van der Waals surface area contributed by atoms with Crippen molar-refractivity contribution < 1.29 is 17.9 Å². The van der Waals surface area contributed by atoms with Gasteiger partial charge in [-0.1, -0.05) is 13.8 Å². The van der Waals surface area contributed by atoms with Crippen molar-refractivity contribution in [2.75, 3.05) is 32.1 Å². The van der Waals surface area contributed by atoms with Gasteiger partial charge in [0.05, 0.1) is 24.4 Å². The van der Waals surface area contributed by atoms with E-state index >= 15 is 0 Å². The molecule has 0 aromatic heterocycles. The summed E-state index contributed by atoms with van der Waals surface area (Å²) in [5, 5.41) is -0.635. The molecule has 7 heteroatoms. The van der Waals surface area contributed by atoms with E-state index in [0.717, 1.165) is 0 Å². The molecule has 0 N–H and O–H groups in total. The monoisotopic (exact) mass is 269 g/mol. The highest BCUT2D eigenvalue weighted by molar-refractivity contribution is 7.89. The van der Waals surface area contributed by atoms with Gasteiger partial charge in [-0.2, -0.15) is 4.31 Å². The van der Waals surface area contributed by atoms with Gasteiger partial charge < -0.3 is 4.74 Å². The number of hydrogen-bond acceptors (Lipinski definition) is 4. The maximum absolute atomic E-state index is 12.0. The van der Waals surface area contributed by atoms with E-state index in [-0.39, 0.29) is 5.75 Å². The molecular weight excluding hydrogens is 254 g/mol. The minimum atomic E-state index is -3.44. The third-order valence-electron chi connectivity index (χ3n) is 2.44. The first-order valence-corrected chi connectivity index (χ1v) is 7.00. The van der Waals surface area contributed by atoms with Gasteiger partial charge in [-0.15, -0.1) is 0 Å². The highest BCUT2D eigenvalue weighted by atomic mass is 35.5. The SMILES string of the molecule is CC(C)(CS(=O)(=O)N1CCOCC1)C(=O)Cl. The fourth-order valence-corrected chi connectivity index (χ4v) is 3.51.